The number of benzene rings is 3. The molecule has 3 N–H and O–H groups in total. The number of anilines is 1. The van der Waals surface area contributed by atoms with Gasteiger partial charge in [-0.3, -0.25) is 4.79 Å². The lowest BCUT2D eigenvalue weighted by Crippen LogP contribution is -2.51. The fraction of sp³-hybridized carbons (Fsp3) is 0.120. The Kier molecular flexibility index (Phi) is 5.98. The number of carbonyl (C=O) groups is 2. The summed E-state index contributed by atoms with van der Waals surface area (Å²) in [5.74, 6) is -0.218. The molecule has 0 aromatic heterocycles. The lowest BCUT2D eigenvalue weighted by Gasteiger charge is -2.34. The first-order valence-electron chi connectivity index (χ1n) is 9.99. The third kappa shape index (κ3) is 4.93. The second-order valence-corrected chi connectivity index (χ2v) is 7.28. The summed E-state index contributed by atoms with van der Waals surface area (Å²) in [4.78, 5) is 25.1. The molecule has 2 unspecified atom stereocenters. The van der Waals surface area contributed by atoms with Crippen molar-refractivity contribution in [1.29, 1.82) is 0 Å². The first-order valence-corrected chi connectivity index (χ1v) is 9.99. The van der Waals surface area contributed by atoms with Gasteiger partial charge < -0.3 is 20.7 Å². The third-order valence-electron chi connectivity index (χ3n) is 5.08. The first-order chi connectivity index (χ1) is 15.1. The zero-order chi connectivity index (χ0) is 21.6. The number of urea groups is 1. The van der Waals surface area contributed by atoms with Crippen molar-refractivity contribution in [3.8, 4) is 5.75 Å². The van der Waals surface area contributed by atoms with Crippen LogP contribution in [0.15, 0.2) is 97.2 Å². The number of hydrogen-bond acceptors (Lipinski definition) is 3. The van der Waals surface area contributed by atoms with E-state index in [1.165, 1.54) is 0 Å². The second kappa shape index (κ2) is 9.17. The van der Waals surface area contributed by atoms with Gasteiger partial charge in [-0.25, -0.2) is 4.79 Å². The van der Waals surface area contributed by atoms with E-state index in [0.29, 0.717) is 23.7 Å². The molecule has 2 atom stereocenters. The van der Waals surface area contributed by atoms with Gasteiger partial charge in [0.25, 0.3) is 0 Å². The number of amides is 3. The summed E-state index contributed by atoms with van der Waals surface area (Å²) in [7, 11) is 0. The maximum Gasteiger partial charge on any atom is 0.319 e. The number of para-hydroxylation sites is 1. The van der Waals surface area contributed by atoms with Crippen LogP contribution in [0.5, 0.6) is 5.75 Å². The molecule has 31 heavy (non-hydrogen) atoms. The molecule has 3 aromatic rings. The molecule has 0 aliphatic carbocycles. The van der Waals surface area contributed by atoms with Gasteiger partial charge in [0, 0.05) is 11.4 Å². The molecular formula is C25H23N3O3. The van der Waals surface area contributed by atoms with Gasteiger partial charge in [-0.1, -0.05) is 67.2 Å². The fourth-order valence-electron chi connectivity index (χ4n) is 3.52. The van der Waals surface area contributed by atoms with Crippen molar-refractivity contribution in [3.63, 3.8) is 0 Å². The van der Waals surface area contributed by atoms with E-state index in [4.69, 9.17) is 4.74 Å². The molecule has 1 aliphatic heterocycles. The summed E-state index contributed by atoms with van der Waals surface area (Å²) in [5, 5.41) is 8.35. The zero-order valence-corrected chi connectivity index (χ0v) is 16.9. The molecule has 3 amide bonds. The van der Waals surface area contributed by atoms with Crippen molar-refractivity contribution in [2.45, 2.75) is 12.6 Å². The number of nitrogens with one attached hydrogen (secondary N) is 3. The predicted octanol–water partition coefficient (Wildman–Crippen LogP) is 4.39. The van der Waals surface area contributed by atoms with E-state index in [0.717, 1.165) is 11.1 Å². The van der Waals surface area contributed by atoms with Gasteiger partial charge in [0.2, 0.25) is 5.91 Å². The molecule has 0 bridgehead atoms. The van der Waals surface area contributed by atoms with E-state index >= 15 is 0 Å². The van der Waals surface area contributed by atoms with E-state index < -0.39 is 12.0 Å². The van der Waals surface area contributed by atoms with Gasteiger partial charge in [-0.2, -0.15) is 0 Å². The monoisotopic (exact) mass is 413 g/mol. The Morgan fingerprint density at radius 2 is 1.58 bits per heavy atom. The van der Waals surface area contributed by atoms with Crippen LogP contribution >= 0.6 is 0 Å². The predicted molar refractivity (Wildman–Crippen MR) is 119 cm³/mol. The van der Waals surface area contributed by atoms with Crippen LogP contribution in [0.3, 0.4) is 0 Å². The Hall–Kier alpha value is -4.06. The van der Waals surface area contributed by atoms with E-state index in [1.807, 2.05) is 84.9 Å². The van der Waals surface area contributed by atoms with Crippen LogP contribution in [-0.2, 0) is 11.4 Å². The second-order valence-electron chi connectivity index (χ2n) is 7.28. The number of rotatable bonds is 6. The molecular weight excluding hydrogens is 390 g/mol. The van der Waals surface area contributed by atoms with Crippen molar-refractivity contribution in [3.05, 3.63) is 108 Å². The van der Waals surface area contributed by atoms with Gasteiger partial charge in [-0.15, -0.1) is 0 Å². The normalized spacial score (nSPS) is 17.9. The van der Waals surface area contributed by atoms with Gasteiger partial charge in [0.1, 0.15) is 18.3 Å². The molecule has 0 spiro atoms. The number of carbonyl (C=O) groups excluding carboxylic acids is 2. The van der Waals surface area contributed by atoms with Gasteiger partial charge in [-0.05, 0) is 35.4 Å². The van der Waals surface area contributed by atoms with Crippen molar-refractivity contribution in [2.24, 2.45) is 5.92 Å². The summed E-state index contributed by atoms with van der Waals surface area (Å²) in [6.07, 6.45) is 0. The highest BCUT2D eigenvalue weighted by atomic mass is 16.5. The summed E-state index contributed by atoms with van der Waals surface area (Å²) >= 11 is 0. The lowest BCUT2D eigenvalue weighted by atomic mass is 9.88. The van der Waals surface area contributed by atoms with Crippen LogP contribution in [0, 0.1) is 5.92 Å². The van der Waals surface area contributed by atoms with Crippen LogP contribution in [0.1, 0.15) is 17.2 Å². The van der Waals surface area contributed by atoms with Crippen LogP contribution in [0.25, 0.3) is 0 Å². The third-order valence-corrected chi connectivity index (χ3v) is 5.08. The molecule has 1 aliphatic rings. The van der Waals surface area contributed by atoms with Gasteiger partial charge >= 0.3 is 6.03 Å². The van der Waals surface area contributed by atoms with Crippen LogP contribution < -0.4 is 20.7 Å². The Labute approximate surface area is 180 Å². The van der Waals surface area contributed by atoms with Crippen molar-refractivity contribution >= 4 is 17.6 Å². The quantitative estimate of drug-likeness (QED) is 0.561. The summed E-state index contributed by atoms with van der Waals surface area (Å²) in [6, 6.07) is 25.5. The largest absolute Gasteiger partial charge is 0.489 e. The summed E-state index contributed by atoms with van der Waals surface area (Å²) in [6.45, 7) is 4.37. The highest BCUT2D eigenvalue weighted by Crippen LogP contribution is 2.31. The molecule has 6 nitrogen and oxygen atoms in total. The van der Waals surface area contributed by atoms with Crippen LogP contribution in [0.2, 0.25) is 0 Å². The molecule has 4 rings (SSSR count). The highest BCUT2D eigenvalue weighted by molar-refractivity contribution is 5.97. The Bertz CT molecular complexity index is 1070. The lowest BCUT2D eigenvalue weighted by molar-refractivity contribution is -0.119. The maximum absolute atomic E-state index is 13.0. The minimum Gasteiger partial charge on any atom is -0.489 e. The summed E-state index contributed by atoms with van der Waals surface area (Å²) < 4.78 is 5.83. The average molecular weight is 413 g/mol. The minimum atomic E-state index is -0.672. The van der Waals surface area contributed by atoms with Crippen molar-refractivity contribution in [2.75, 3.05) is 5.32 Å². The standard InChI is InChI=1S/C25H23N3O3/c1-17-22(24(29)27-20-10-6-3-7-11-20)23(28-25(30)26-17)19-12-14-21(15-13-19)31-16-18-8-4-2-5-9-18/h2-15,22-23H,1,16H2,(H,27,29)(H2,26,28,30). The molecule has 0 saturated carbocycles. The number of hydrogen-bond donors (Lipinski definition) is 3. The highest BCUT2D eigenvalue weighted by Gasteiger charge is 2.37. The van der Waals surface area contributed by atoms with E-state index in [-0.39, 0.29) is 11.9 Å². The van der Waals surface area contributed by atoms with E-state index in [9.17, 15) is 9.59 Å². The fourth-order valence-corrected chi connectivity index (χ4v) is 3.52. The van der Waals surface area contributed by atoms with Crippen molar-refractivity contribution < 1.29 is 14.3 Å². The summed E-state index contributed by atoms with van der Waals surface area (Å²) in [5.41, 5.74) is 2.90. The van der Waals surface area contributed by atoms with Crippen LogP contribution in [0.4, 0.5) is 10.5 Å². The van der Waals surface area contributed by atoms with Crippen LogP contribution in [-0.4, -0.2) is 11.9 Å². The van der Waals surface area contributed by atoms with Crippen molar-refractivity contribution in [1.82, 2.24) is 10.6 Å². The molecule has 0 radical (unpaired) electrons. The van der Waals surface area contributed by atoms with E-state index in [2.05, 4.69) is 22.5 Å². The minimum absolute atomic E-state index is 0.252. The molecule has 3 aromatic carbocycles. The molecule has 6 heteroatoms. The van der Waals surface area contributed by atoms with Gasteiger partial charge in [0.05, 0.1) is 6.04 Å². The number of ether oxygens (including phenoxy) is 1. The first kappa shape index (κ1) is 20.2. The van der Waals surface area contributed by atoms with E-state index in [1.54, 1.807) is 0 Å². The topological polar surface area (TPSA) is 79.5 Å². The Balaban J connectivity index is 1.50. The maximum atomic E-state index is 13.0. The average Bonchev–Trinajstić information content (AvgIpc) is 2.79. The Morgan fingerprint density at radius 1 is 0.935 bits per heavy atom. The van der Waals surface area contributed by atoms with Gasteiger partial charge in [0.15, 0.2) is 0 Å². The Morgan fingerprint density at radius 3 is 2.26 bits per heavy atom. The molecule has 156 valence electrons. The molecule has 1 saturated heterocycles. The SMILES string of the molecule is C=C1NC(=O)NC(c2ccc(OCc3ccccc3)cc2)C1C(=O)Nc1ccccc1. The smallest absolute Gasteiger partial charge is 0.319 e. The molecule has 1 heterocycles. The molecule has 1 fully saturated rings. The zero-order valence-electron chi connectivity index (χ0n) is 16.9.